The van der Waals surface area contributed by atoms with Crippen molar-refractivity contribution in [3.63, 3.8) is 0 Å². The van der Waals surface area contributed by atoms with E-state index in [1.807, 2.05) is 22.7 Å². The van der Waals surface area contributed by atoms with Crippen molar-refractivity contribution in [2.75, 3.05) is 0 Å². The van der Waals surface area contributed by atoms with E-state index in [1.54, 1.807) is 3.09 Å². The summed E-state index contributed by atoms with van der Waals surface area (Å²) in [5, 5.41) is 0. The van der Waals surface area contributed by atoms with Crippen LogP contribution < -0.4 is 3.09 Å². The van der Waals surface area contributed by atoms with Gasteiger partial charge in [-0.25, -0.2) is 8.42 Å². The van der Waals surface area contributed by atoms with Crippen LogP contribution in [0.5, 0.6) is 0 Å². The Kier molecular flexibility index (Phi) is 5.72. The van der Waals surface area contributed by atoms with Crippen LogP contribution in [0.2, 0.25) is 5.82 Å². The summed E-state index contributed by atoms with van der Waals surface area (Å²) in [6, 6.07) is 8.62. The Morgan fingerprint density at radius 2 is 1.84 bits per heavy atom. The Bertz CT molecular complexity index is 618. The molecule has 0 fully saturated rings. The van der Waals surface area contributed by atoms with Crippen LogP contribution in [-0.2, 0) is 10.1 Å². The topological polar surface area (TPSA) is 57.2 Å². The van der Waals surface area contributed by atoms with Crippen LogP contribution in [0.4, 0.5) is 13.2 Å². The number of halogens is 3. The van der Waals surface area contributed by atoms with Gasteiger partial charge < -0.3 is 4.55 Å². The van der Waals surface area contributed by atoms with E-state index in [1.165, 1.54) is 9.40 Å². The molecule has 0 radical (unpaired) electrons. The van der Waals surface area contributed by atoms with Gasteiger partial charge in [-0.2, -0.15) is 13.2 Å². The van der Waals surface area contributed by atoms with Crippen molar-refractivity contribution in [2.24, 2.45) is 0 Å². The van der Waals surface area contributed by atoms with Gasteiger partial charge in [-0.3, -0.25) is 0 Å². The van der Waals surface area contributed by atoms with Gasteiger partial charge in [0.2, 0.25) is 0 Å². The van der Waals surface area contributed by atoms with Crippen LogP contribution >= 0.6 is 22.7 Å². The van der Waals surface area contributed by atoms with E-state index in [0.717, 1.165) is 0 Å². The zero-order valence-electron chi connectivity index (χ0n) is 9.30. The summed E-state index contributed by atoms with van der Waals surface area (Å²) in [5.74, 6) is 2.27. The number of fused-ring (bicyclic) bond motifs is 1. The molecule has 0 amide bonds. The van der Waals surface area contributed by atoms with E-state index in [9.17, 15) is 13.2 Å². The number of alkyl halides is 3. The third kappa shape index (κ3) is 4.97. The predicted molar refractivity (Wildman–Crippen MR) is 71.1 cm³/mol. The molecule has 106 valence electrons. The second-order valence-corrected chi connectivity index (χ2v) is 9.62. The normalized spacial score (nSPS) is 12.1. The number of benzene rings is 1. The Morgan fingerprint density at radius 1 is 1.32 bits per heavy atom. The zero-order chi connectivity index (χ0) is 14.7. The van der Waals surface area contributed by atoms with Crippen molar-refractivity contribution in [2.45, 2.75) is 11.3 Å². The van der Waals surface area contributed by atoms with Crippen LogP contribution in [-0.4, -0.2) is 33.4 Å². The van der Waals surface area contributed by atoms with Crippen molar-refractivity contribution in [3.8, 4) is 0 Å². The maximum atomic E-state index is 10.7. The van der Waals surface area contributed by atoms with E-state index >= 15 is 0 Å². The molecule has 0 bridgehead atoms. The van der Waals surface area contributed by atoms with Crippen molar-refractivity contribution in [1.82, 2.24) is 0 Å². The average molecular weight is 395 g/mol. The number of hydrogen-bond acceptors (Lipinski definition) is 4. The molecule has 2 rings (SSSR count). The minimum atomic E-state index is -6.09. The maximum Gasteiger partial charge on any atom is 0.485 e. The van der Waals surface area contributed by atoms with Crippen molar-refractivity contribution in [3.05, 3.63) is 24.3 Å². The average Bonchev–Trinajstić information content (AvgIpc) is 2.69. The van der Waals surface area contributed by atoms with Crippen LogP contribution in [0, 0.1) is 0 Å². The van der Waals surface area contributed by atoms with Gasteiger partial charge in [-0.05, 0) is 0 Å². The molecule has 10 heteroatoms. The maximum absolute atomic E-state index is 10.7. The van der Waals surface area contributed by atoms with Gasteiger partial charge in [-0.1, -0.05) is 0 Å². The minimum absolute atomic E-state index is 0.675. The van der Waals surface area contributed by atoms with Crippen molar-refractivity contribution < 1.29 is 26.1 Å². The molecule has 0 spiro atoms. The molecule has 0 aliphatic rings. The SMILES string of the molecule is C[Se]c1sc2ccccc2[s+]1.O=S(=O)([O-])C(F)(F)F. The molecule has 0 atom stereocenters. The van der Waals surface area contributed by atoms with E-state index in [-0.39, 0.29) is 0 Å². The van der Waals surface area contributed by atoms with Gasteiger partial charge in [0, 0.05) is 0 Å². The number of rotatable bonds is 1. The Balaban J connectivity index is 0.000000203. The molecular weight excluding hydrogens is 388 g/mol. The first kappa shape index (κ1) is 16.8. The molecule has 1 aromatic heterocycles. The van der Waals surface area contributed by atoms with Gasteiger partial charge in [-0.15, -0.1) is 0 Å². The van der Waals surface area contributed by atoms with Gasteiger partial charge in [0.15, 0.2) is 10.1 Å². The van der Waals surface area contributed by atoms with Crippen LogP contribution in [0.3, 0.4) is 0 Å². The monoisotopic (exact) mass is 396 g/mol. The van der Waals surface area contributed by atoms with E-state index in [0.29, 0.717) is 15.0 Å². The fraction of sp³-hybridized carbons (Fsp3) is 0.222. The summed E-state index contributed by atoms with van der Waals surface area (Å²) in [5.41, 5.74) is -5.65. The molecule has 0 saturated carbocycles. The molecule has 0 N–H and O–H groups in total. The van der Waals surface area contributed by atoms with Gasteiger partial charge in [0.25, 0.3) is 0 Å². The number of hydrogen-bond donors (Lipinski definition) is 0. The van der Waals surface area contributed by atoms with Crippen LogP contribution in [0.25, 0.3) is 9.40 Å². The standard InChI is InChI=1S/C8H7S2Se.CHF3O3S/c1-11-8-9-6-4-2-3-5-7(6)10-8;2-1(3,4)8(5,6)7/h2-5H,1H3;(H,5,6,7)/q+1;/p-1. The molecule has 3 nitrogen and oxygen atoms in total. The molecule has 1 heterocycles. The molecular formula is C9H7F3O3S3Se. The second kappa shape index (κ2) is 6.47. The smallest absolute Gasteiger partial charge is 0.485 e. The van der Waals surface area contributed by atoms with Crippen LogP contribution in [0.15, 0.2) is 24.3 Å². The third-order valence-electron chi connectivity index (χ3n) is 1.69. The van der Waals surface area contributed by atoms with E-state index < -0.39 is 15.6 Å². The molecule has 0 aliphatic heterocycles. The summed E-state index contributed by atoms with van der Waals surface area (Å²) >= 11 is 4.56. The zero-order valence-corrected chi connectivity index (χ0v) is 13.5. The van der Waals surface area contributed by atoms with Crippen molar-refractivity contribution >= 4 is 60.2 Å². The van der Waals surface area contributed by atoms with Gasteiger partial charge in [0.1, 0.15) is 0 Å². The minimum Gasteiger partial charge on any atom is -0.741 e. The summed E-state index contributed by atoms with van der Waals surface area (Å²) in [6.45, 7) is 0. The Hall–Kier alpha value is -0.251. The largest absolute Gasteiger partial charge is 0.741 e. The van der Waals surface area contributed by atoms with Gasteiger partial charge >= 0.3 is 85.7 Å². The third-order valence-corrected chi connectivity index (χ3v) is 7.85. The van der Waals surface area contributed by atoms with Crippen LogP contribution in [0.1, 0.15) is 0 Å². The summed E-state index contributed by atoms with van der Waals surface area (Å²) < 4.78 is 63.4. The first-order chi connectivity index (χ1) is 8.65. The molecule has 19 heavy (non-hydrogen) atoms. The summed E-state index contributed by atoms with van der Waals surface area (Å²) in [7, 11) is -6.09. The van der Waals surface area contributed by atoms with Crippen molar-refractivity contribution in [1.29, 1.82) is 0 Å². The fourth-order valence-electron chi connectivity index (χ4n) is 0.903. The Labute approximate surface area is 122 Å². The Morgan fingerprint density at radius 3 is 2.26 bits per heavy atom. The molecule has 0 unspecified atom stereocenters. The molecule has 0 aliphatic carbocycles. The summed E-state index contributed by atoms with van der Waals surface area (Å²) in [6.07, 6.45) is 0. The second-order valence-electron chi connectivity index (χ2n) is 3.00. The predicted octanol–water partition coefficient (Wildman–Crippen LogP) is 2.67. The fourth-order valence-corrected chi connectivity index (χ4v) is 5.19. The van der Waals surface area contributed by atoms with E-state index in [4.69, 9.17) is 13.0 Å². The first-order valence-corrected chi connectivity index (χ1v) is 10.1. The molecule has 2 aromatic rings. The molecule has 1 aromatic carbocycles. The molecule has 0 saturated heterocycles. The van der Waals surface area contributed by atoms with Gasteiger partial charge in [0.05, 0.1) is 0 Å². The van der Waals surface area contributed by atoms with E-state index in [2.05, 4.69) is 30.1 Å². The quantitative estimate of drug-likeness (QED) is 0.323. The summed E-state index contributed by atoms with van der Waals surface area (Å²) in [4.78, 5) is 0. The first-order valence-electron chi connectivity index (χ1n) is 4.53.